The minimum Gasteiger partial charge on any atom is -0.378 e. The van der Waals surface area contributed by atoms with E-state index >= 15 is 0 Å². The molecular weight excluding hydrogens is 474 g/mol. The summed E-state index contributed by atoms with van der Waals surface area (Å²) in [6.07, 6.45) is 1.35. The van der Waals surface area contributed by atoms with Crippen LogP contribution in [0, 0.1) is 0 Å². The summed E-state index contributed by atoms with van der Waals surface area (Å²) in [5.74, 6) is 0.198. The zero-order valence-corrected chi connectivity index (χ0v) is 21.9. The van der Waals surface area contributed by atoms with Crippen LogP contribution in [0.4, 0.5) is 11.5 Å². The highest BCUT2D eigenvalue weighted by Gasteiger charge is 2.40. The zero-order valence-electron chi connectivity index (χ0n) is 21.0. The molecule has 0 spiro atoms. The number of hydrogen-bond donors (Lipinski definition) is 1. The van der Waals surface area contributed by atoms with Crippen molar-refractivity contribution in [1.29, 1.82) is 0 Å². The maximum absolute atomic E-state index is 13.5. The number of pyridine rings is 1. The third kappa shape index (κ3) is 5.04. The number of rotatable bonds is 7. The Labute approximate surface area is 212 Å². The lowest BCUT2D eigenvalue weighted by Gasteiger charge is -2.34. The lowest BCUT2D eigenvalue weighted by Crippen LogP contribution is -2.38. The Bertz CT molecular complexity index is 1410. The lowest BCUT2D eigenvalue weighted by atomic mass is 9.69. The molecule has 0 aliphatic heterocycles. The average Bonchev–Trinajstić information content (AvgIpc) is 2.86. The first kappa shape index (κ1) is 25.6. The number of ketones is 1. The third-order valence-corrected chi connectivity index (χ3v) is 8.63. The van der Waals surface area contributed by atoms with Crippen molar-refractivity contribution in [2.75, 3.05) is 30.1 Å². The van der Waals surface area contributed by atoms with E-state index in [4.69, 9.17) is 0 Å². The summed E-state index contributed by atoms with van der Waals surface area (Å²) in [7, 11) is 0.677. The highest BCUT2D eigenvalue weighted by molar-refractivity contribution is 7.91. The molecule has 1 atom stereocenters. The number of anilines is 2. The van der Waals surface area contributed by atoms with Gasteiger partial charge in [0.05, 0.1) is 28.2 Å². The zero-order chi connectivity index (χ0) is 26.1. The van der Waals surface area contributed by atoms with Gasteiger partial charge in [-0.3, -0.25) is 9.59 Å². The van der Waals surface area contributed by atoms with Gasteiger partial charge in [-0.2, -0.15) is 0 Å². The van der Waals surface area contributed by atoms with Gasteiger partial charge in [0.15, 0.2) is 15.6 Å². The first-order valence-electron chi connectivity index (χ1n) is 12.0. The Hall–Kier alpha value is -3.52. The highest BCUT2D eigenvalue weighted by atomic mass is 32.2. The summed E-state index contributed by atoms with van der Waals surface area (Å²) in [6, 6.07) is 17.8. The van der Waals surface area contributed by atoms with Crippen molar-refractivity contribution < 1.29 is 18.0 Å². The third-order valence-electron chi connectivity index (χ3n) is 6.88. The Balaban J connectivity index is 1.47. The lowest BCUT2D eigenvalue weighted by molar-refractivity contribution is -0.115. The van der Waals surface area contributed by atoms with Gasteiger partial charge >= 0.3 is 0 Å². The number of sulfone groups is 1. The number of fused-ring (bicyclic) bond motifs is 1. The molecule has 36 heavy (non-hydrogen) atoms. The number of amides is 1. The molecule has 2 aromatic carbocycles. The van der Waals surface area contributed by atoms with Crippen LogP contribution < -0.4 is 10.2 Å². The number of hydrogen-bond acceptors (Lipinski definition) is 6. The van der Waals surface area contributed by atoms with Crippen LogP contribution in [0.3, 0.4) is 0 Å². The Morgan fingerprint density at radius 2 is 1.81 bits per heavy atom. The molecule has 0 radical (unpaired) electrons. The number of carbonyl (C=O) groups excluding carboxylic acids is 2. The molecule has 1 N–H and O–H groups in total. The van der Waals surface area contributed by atoms with E-state index in [2.05, 4.69) is 16.4 Å². The van der Waals surface area contributed by atoms with Crippen molar-refractivity contribution in [3.05, 3.63) is 83.0 Å². The van der Waals surface area contributed by atoms with Crippen molar-refractivity contribution in [3.8, 4) is 0 Å². The van der Waals surface area contributed by atoms with E-state index in [1.165, 1.54) is 12.1 Å². The maximum atomic E-state index is 13.5. The van der Waals surface area contributed by atoms with Gasteiger partial charge in [0.2, 0.25) is 5.91 Å². The second-order valence-electron chi connectivity index (χ2n) is 9.57. The van der Waals surface area contributed by atoms with Crippen LogP contribution in [-0.2, 0) is 32.9 Å². The van der Waals surface area contributed by atoms with Gasteiger partial charge in [-0.1, -0.05) is 31.2 Å². The summed E-state index contributed by atoms with van der Waals surface area (Å²) in [6.45, 7) is 3.58. The van der Waals surface area contributed by atoms with Gasteiger partial charge in [0.1, 0.15) is 5.82 Å². The molecule has 7 nitrogen and oxygen atoms in total. The first-order chi connectivity index (χ1) is 17.0. The van der Waals surface area contributed by atoms with E-state index in [0.29, 0.717) is 35.5 Å². The number of carbonyl (C=O) groups is 2. The van der Waals surface area contributed by atoms with Gasteiger partial charge in [-0.25, -0.2) is 13.4 Å². The minimum atomic E-state index is -3.28. The molecule has 1 aliphatic carbocycles. The molecule has 0 fully saturated rings. The molecule has 188 valence electrons. The topological polar surface area (TPSA) is 96.4 Å². The molecule has 1 amide bonds. The summed E-state index contributed by atoms with van der Waals surface area (Å²) >= 11 is 0. The van der Waals surface area contributed by atoms with Crippen LogP contribution >= 0.6 is 0 Å². The number of aryl methyl sites for hydroxylation is 1. The molecule has 1 aliphatic rings. The Kier molecular flexibility index (Phi) is 7.00. The quantitative estimate of drug-likeness (QED) is 0.517. The molecule has 0 saturated heterocycles. The first-order valence-corrected chi connectivity index (χ1v) is 13.6. The van der Waals surface area contributed by atoms with Gasteiger partial charge in [-0.05, 0) is 67.3 Å². The molecule has 1 aromatic heterocycles. The van der Waals surface area contributed by atoms with E-state index in [1.54, 1.807) is 31.2 Å². The summed E-state index contributed by atoms with van der Waals surface area (Å²) < 4.78 is 23.9. The van der Waals surface area contributed by atoms with Crippen LogP contribution in [0.5, 0.6) is 0 Å². The molecule has 4 rings (SSSR count). The Morgan fingerprint density at radius 3 is 2.47 bits per heavy atom. The molecule has 1 unspecified atom stereocenters. The summed E-state index contributed by atoms with van der Waals surface area (Å²) in [5.41, 5.74) is 3.37. The monoisotopic (exact) mass is 505 g/mol. The van der Waals surface area contributed by atoms with E-state index in [0.717, 1.165) is 11.3 Å². The predicted octanol–water partition coefficient (Wildman–Crippen LogP) is 4.21. The standard InChI is InChI=1S/C28H31N3O4S/c1-5-36(34,35)22-11-9-19(10-12-22)17-26(32)30-25-14-13-23-24(29-25)15-16-28(2,27(23)33)20-7-6-8-21(18-20)31(3)4/h6-14,18H,5,15-17H2,1-4H3,(H,29,30,32). The molecule has 0 bridgehead atoms. The van der Waals surface area contributed by atoms with E-state index in [-0.39, 0.29) is 28.8 Å². The van der Waals surface area contributed by atoms with Crippen LogP contribution in [0.25, 0.3) is 0 Å². The molecular formula is C28H31N3O4S. The van der Waals surface area contributed by atoms with E-state index in [1.807, 2.05) is 44.1 Å². The van der Waals surface area contributed by atoms with Crippen LogP contribution in [0.2, 0.25) is 0 Å². The minimum absolute atomic E-state index is 0.0287. The van der Waals surface area contributed by atoms with Crippen molar-refractivity contribution in [2.24, 2.45) is 0 Å². The second-order valence-corrected chi connectivity index (χ2v) is 11.8. The molecule has 3 aromatic rings. The van der Waals surface area contributed by atoms with Crippen LogP contribution in [0.15, 0.2) is 65.6 Å². The summed E-state index contributed by atoms with van der Waals surface area (Å²) in [4.78, 5) is 33.0. The summed E-state index contributed by atoms with van der Waals surface area (Å²) in [5, 5.41) is 2.80. The Morgan fingerprint density at radius 1 is 1.08 bits per heavy atom. The van der Waals surface area contributed by atoms with Gasteiger partial charge in [0.25, 0.3) is 0 Å². The number of benzene rings is 2. The van der Waals surface area contributed by atoms with Crippen LogP contribution in [0.1, 0.15) is 47.4 Å². The number of nitrogens with one attached hydrogen (secondary N) is 1. The largest absolute Gasteiger partial charge is 0.378 e. The predicted molar refractivity (Wildman–Crippen MR) is 142 cm³/mol. The fraction of sp³-hybridized carbons (Fsp3) is 0.321. The number of aromatic nitrogens is 1. The molecule has 8 heteroatoms. The van der Waals surface area contributed by atoms with Crippen molar-refractivity contribution in [2.45, 2.75) is 43.4 Å². The number of Topliss-reactive ketones (excluding diaryl/α,β-unsaturated/α-hetero) is 1. The maximum Gasteiger partial charge on any atom is 0.229 e. The van der Waals surface area contributed by atoms with Crippen LogP contribution in [-0.4, -0.2) is 44.9 Å². The molecule has 1 heterocycles. The van der Waals surface area contributed by atoms with Crippen molar-refractivity contribution in [3.63, 3.8) is 0 Å². The molecule has 0 saturated carbocycles. The normalized spacial score (nSPS) is 17.4. The van der Waals surface area contributed by atoms with E-state index < -0.39 is 15.3 Å². The van der Waals surface area contributed by atoms with Gasteiger partial charge < -0.3 is 10.2 Å². The SMILES string of the molecule is CCS(=O)(=O)c1ccc(CC(=O)Nc2ccc3c(n2)CCC(C)(c2cccc(N(C)C)c2)C3=O)cc1. The van der Waals surface area contributed by atoms with E-state index in [9.17, 15) is 18.0 Å². The number of nitrogens with zero attached hydrogens (tertiary/aromatic N) is 2. The van der Waals surface area contributed by atoms with Crippen molar-refractivity contribution in [1.82, 2.24) is 4.98 Å². The highest BCUT2D eigenvalue weighted by Crippen LogP contribution is 2.39. The second kappa shape index (κ2) is 9.85. The van der Waals surface area contributed by atoms with Gasteiger partial charge in [-0.15, -0.1) is 0 Å². The van der Waals surface area contributed by atoms with Crippen molar-refractivity contribution >= 4 is 33.0 Å². The fourth-order valence-corrected chi connectivity index (χ4v) is 5.39. The smallest absolute Gasteiger partial charge is 0.229 e. The average molecular weight is 506 g/mol. The fourth-order valence-electron chi connectivity index (χ4n) is 4.50. The van der Waals surface area contributed by atoms with Gasteiger partial charge in [0, 0.05) is 25.3 Å².